The van der Waals surface area contributed by atoms with Gasteiger partial charge in [-0.1, -0.05) is 11.6 Å². The Morgan fingerprint density at radius 3 is 3.00 bits per heavy atom. The average Bonchev–Trinajstić information content (AvgIpc) is 2.04. The van der Waals surface area contributed by atoms with Crippen LogP contribution in [0.2, 0.25) is 0 Å². The van der Waals surface area contributed by atoms with Crippen molar-refractivity contribution in [2.45, 2.75) is 19.4 Å². The highest BCUT2D eigenvalue weighted by atomic mass is 16.1. The van der Waals surface area contributed by atoms with Gasteiger partial charge in [0.1, 0.15) is 0 Å². The van der Waals surface area contributed by atoms with E-state index in [0.29, 0.717) is 6.54 Å². The molecule has 4 N–H and O–H groups in total. The molecule has 0 fully saturated rings. The van der Waals surface area contributed by atoms with Crippen molar-refractivity contribution in [3.8, 4) is 0 Å². The van der Waals surface area contributed by atoms with E-state index in [4.69, 9.17) is 11.5 Å². The zero-order valence-electron chi connectivity index (χ0n) is 7.99. The van der Waals surface area contributed by atoms with Crippen molar-refractivity contribution in [2.24, 2.45) is 11.5 Å². The van der Waals surface area contributed by atoms with Crippen molar-refractivity contribution in [3.63, 3.8) is 0 Å². The number of rotatable bonds is 3. The summed E-state index contributed by atoms with van der Waals surface area (Å²) in [5, 5.41) is 0. The molecule has 1 aliphatic rings. The summed E-state index contributed by atoms with van der Waals surface area (Å²) in [6, 6.07) is -0.536. The summed E-state index contributed by atoms with van der Waals surface area (Å²) in [5.74, 6) is -0.424. The van der Waals surface area contributed by atoms with Crippen LogP contribution in [0.1, 0.15) is 13.3 Å². The summed E-state index contributed by atoms with van der Waals surface area (Å²) in [6.07, 6.45) is 3.25. The highest BCUT2D eigenvalue weighted by Crippen LogP contribution is 2.08. The fraction of sp³-hybridized carbons (Fsp3) is 0.667. The van der Waals surface area contributed by atoms with Gasteiger partial charge >= 0.3 is 0 Å². The SMILES string of the molecule is CC1=CCCN(CC(N)C(N)=O)C1. The molecule has 1 atom stereocenters. The lowest BCUT2D eigenvalue weighted by atomic mass is 10.1. The van der Waals surface area contributed by atoms with Crippen LogP contribution < -0.4 is 11.5 Å². The zero-order chi connectivity index (χ0) is 9.84. The Labute approximate surface area is 78.6 Å². The molecule has 0 aromatic rings. The molecule has 1 unspecified atom stereocenters. The van der Waals surface area contributed by atoms with Crippen LogP contribution in [0, 0.1) is 0 Å². The summed E-state index contributed by atoms with van der Waals surface area (Å²) in [6.45, 7) is 4.53. The molecule has 0 radical (unpaired) electrons. The molecule has 4 nitrogen and oxygen atoms in total. The van der Waals surface area contributed by atoms with E-state index < -0.39 is 11.9 Å². The molecular weight excluding hydrogens is 166 g/mol. The van der Waals surface area contributed by atoms with Crippen molar-refractivity contribution >= 4 is 5.91 Å². The molecule has 4 heteroatoms. The Hall–Kier alpha value is -0.870. The number of nitrogens with two attached hydrogens (primary N) is 2. The third-order valence-corrected chi connectivity index (χ3v) is 2.23. The first-order chi connectivity index (χ1) is 6.09. The van der Waals surface area contributed by atoms with Gasteiger partial charge in [0.25, 0.3) is 0 Å². The maximum absolute atomic E-state index is 10.7. The lowest BCUT2D eigenvalue weighted by Crippen LogP contribution is -2.47. The first-order valence-electron chi connectivity index (χ1n) is 4.52. The van der Waals surface area contributed by atoms with Gasteiger partial charge in [-0.3, -0.25) is 9.69 Å². The number of nitrogens with zero attached hydrogens (tertiary/aromatic N) is 1. The molecule has 1 amide bonds. The standard InChI is InChI=1S/C9H17N3O/c1-7-3-2-4-12(5-7)6-8(10)9(11)13/h3,8H,2,4-6,10H2,1H3,(H2,11,13). The number of carbonyl (C=O) groups excluding carboxylic acids is 1. The van der Waals surface area contributed by atoms with Crippen molar-refractivity contribution in [2.75, 3.05) is 19.6 Å². The van der Waals surface area contributed by atoms with Crippen LogP contribution in [0.5, 0.6) is 0 Å². The largest absolute Gasteiger partial charge is 0.368 e. The minimum absolute atomic E-state index is 0.424. The van der Waals surface area contributed by atoms with Gasteiger partial charge in [-0.25, -0.2) is 0 Å². The van der Waals surface area contributed by atoms with Crippen molar-refractivity contribution < 1.29 is 4.79 Å². The summed E-state index contributed by atoms with van der Waals surface area (Å²) in [5.41, 5.74) is 12.0. The molecule has 74 valence electrons. The van der Waals surface area contributed by atoms with E-state index in [1.807, 2.05) is 0 Å². The van der Waals surface area contributed by atoms with Crippen molar-refractivity contribution in [1.82, 2.24) is 4.90 Å². The summed E-state index contributed by atoms with van der Waals surface area (Å²) < 4.78 is 0. The Morgan fingerprint density at radius 1 is 1.77 bits per heavy atom. The predicted molar refractivity (Wildman–Crippen MR) is 52.0 cm³/mol. The van der Waals surface area contributed by atoms with Crippen LogP contribution in [0.3, 0.4) is 0 Å². The third-order valence-electron chi connectivity index (χ3n) is 2.23. The van der Waals surface area contributed by atoms with Gasteiger partial charge in [0, 0.05) is 19.6 Å². The quantitative estimate of drug-likeness (QED) is 0.577. The smallest absolute Gasteiger partial charge is 0.235 e. The first-order valence-corrected chi connectivity index (χ1v) is 4.52. The minimum Gasteiger partial charge on any atom is -0.368 e. The van der Waals surface area contributed by atoms with Crippen LogP contribution in [0.25, 0.3) is 0 Å². The van der Waals surface area contributed by atoms with Gasteiger partial charge in [0.2, 0.25) is 5.91 Å². The lowest BCUT2D eigenvalue weighted by Gasteiger charge is -2.27. The zero-order valence-corrected chi connectivity index (χ0v) is 7.99. The van der Waals surface area contributed by atoms with E-state index in [0.717, 1.165) is 19.5 Å². The minimum atomic E-state index is -0.536. The number of amides is 1. The van der Waals surface area contributed by atoms with Crippen LogP contribution in [0.4, 0.5) is 0 Å². The van der Waals surface area contributed by atoms with Gasteiger partial charge in [-0.15, -0.1) is 0 Å². The number of carbonyl (C=O) groups is 1. The van der Waals surface area contributed by atoms with Crippen molar-refractivity contribution in [1.29, 1.82) is 0 Å². The molecule has 0 saturated heterocycles. The Balaban J connectivity index is 2.38. The molecule has 1 aliphatic heterocycles. The van der Waals surface area contributed by atoms with E-state index >= 15 is 0 Å². The topological polar surface area (TPSA) is 72.3 Å². The molecule has 0 bridgehead atoms. The summed E-state index contributed by atoms with van der Waals surface area (Å²) in [4.78, 5) is 12.9. The molecule has 1 heterocycles. The maximum atomic E-state index is 10.7. The third kappa shape index (κ3) is 3.16. The fourth-order valence-electron chi connectivity index (χ4n) is 1.51. The van der Waals surface area contributed by atoms with Gasteiger partial charge < -0.3 is 11.5 Å². The van der Waals surface area contributed by atoms with Gasteiger partial charge in [-0.2, -0.15) is 0 Å². The average molecular weight is 183 g/mol. The predicted octanol–water partition coefficient (Wildman–Crippen LogP) is -0.549. The second kappa shape index (κ2) is 4.39. The van der Waals surface area contributed by atoms with Crippen LogP contribution in [0.15, 0.2) is 11.6 Å². The first kappa shape index (κ1) is 10.2. The lowest BCUT2D eigenvalue weighted by molar-refractivity contribution is -0.119. The normalized spacial score (nSPS) is 20.9. The fourth-order valence-corrected chi connectivity index (χ4v) is 1.51. The molecule has 0 aliphatic carbocycles. The highest BCUT2D eigenvalue weighted by molar-refractivity contribution is 5.79. The Bertz CT molecular complexity index is 225. The van der Waals surface area contributed by atoms with Gasteiger partial charge in [-0.05, 0) is 13.3 Å². The van der Waals surface area contributed by atoms with E-state index in [1.54, 1.807) is 0 Å². The molecule has 0 saturated carbocycles. The molecule has 0 aromatic heterocycles. The molecule has 0 aromatic carbocycles. The Morgan fingerprint density at radius 2 is 2.46 bits per heavy atom. The second-order valence-electron chi connectivity index (χ2n) is 3.58. The number of hydrogen-bond acceptors (Lipinski definition) is 3. The molecule has 13 heavy (non-hydrogen) atoms. The summed E-state index contributed by atoms with van der Waals surface area (Å²) in [7, 11) is 0. The molecule has 0 spiro atoms. The van der Waals surface area contributed by atoms with Gasteiger partial charge in [0.15, 0.2) is 0 Å². The van der Waals surface area contributed by atoms with Crippen LogP contribution in [-0.2, 0) is 4.79 Å². The van der Waals surface area contributed by atoms with Crippen LogP contribution >= 0.6 is 0 Å². The summed E-state index contributed by atoms with van der Waals surface area (Å²) >= 11 is 0. The number of hydrogen-bond donors (Lipinski definition) is 2. The van der Waals surface area contributed by atoms with E-state index in [-0.39, 0.29) is 0 Å². The van der Waals surface area contributed by atoms with Crippen molar-refractivity contribution in [3.05, 3.63) is 11.6 Å². The van der Waals surface area contributed by atoms with E-state index in [9.17, 15) is 4.79 Å². The van der Waals surface area contributed by atoms with E-state index in [2.05, 4.69) is 17.9 Å². The van der Waals surface area contributed by atoms with E-state index in [1.165, 1.54) is 5.57 Å². The maximum Gasteiger partial charge on any atom is 0.235 e. The number of primary amides is 1. The second-order valence-corrected chi connectivity index (χ2v) is 3.58. The van der Waals surface area contributed by atoms with Crippen LogP contribution in [-0.4, -0.2) is 36.5 Å². The molecular formula is C9H17N3O. The monoisotopic (exact) mass is 183 g/mol. The highest BCUT2D eigenvalue weighted by Gasteiger charge is 2.16. The Kier molecular flexibility index (Phi) is 3.45. The van der Waals surface area contributed by atoms with Gasteiger partial charge in [0.05, 0.1) is 6.04 Å². The molecule has 1 rings (SSSR count).